The van der Waals surface area contributed by atoms with Crippen molar-refractivity contribution >= 4 is 17.9 Å². The number of aryl methyl sites for hydroxylation is 1. The minimum Gasteiger partial charge on any atom is -0.496 e. The maximum Gasteiger partial charge on any atom is 0.363 e. The van der Waals surface area contributed by atoms with Gasteiger partial charge in [-0.2, -0.15) is 0 Å². The molecule has 2 aromatic rings. The number of aliphatic imine (C=N–C) groups is 1. The molecule has 1 aliphatic rings. The average Bonchev–Trinajstić information content (AvgIpc) is 3.00. The molecule has 5 nitrogen and oxygen atoms in total. The predicted molar refractivity (Wildman–Crippen MR) is 100 cm³/mol. The molecule has 0 radical (unpaired) electrons. The standard InChI is InChI=1S/C21H21NO4/c1-3-25-17-9-6-7-15(13-17)14-18-21(23)26-20(22-18)12-11-16-8-4-5-10-19(16)24-2/h4-10,13-14H,3,11-12H2,1-2H3/b18-14+. The summed E-state index contributed by atoms with van der Waals surface area (Å²) in [7, 11) is 1.64. The summed E-state index contributed by atoms with van der Waals surface area (Å²) in [6.45, 7) is 2.52. The van der Waals surface area contributed by atoms with Crippen molar-refractivity contribution in [1.82, 2.24) is 0 Å². The molecule has 0 spiro atoms. The van der Waals surface area contributed by atoms with Gasteiger partial charge in [0.15, 0.2) is 11.6 Å². The number of para-hydroxylation sites is 1. The van der Waals surface area contributed by atoms with Crippen molar-refractivity contribution < 1.29 is 19.0 Å². The molecule has 0 aliphatic carbocycles. The average molecular weight is 351 g/mol. The van der Waals surface area contributed by atoms with Crippen molar-refractivity contribution in [2.24, 2.45) is 4.99 Å². The molecule has 0 saturated heterocycles. The summed E-state index contributed by atoms with van der Waals surface area (Å²) in [6, 6.07) is 15.3. The molecule has 2 aromatic carbocycles. The zero-order valence-electron chi connectivity index (χ0n) is 14.9. The second-order valence-electron chi connectivity index (χ2n) is 5.74. The van der Waals surface area contributed by atoms with Gasteiger partial charge in [0.1, 0.15) is 11.5 Å². The van der Waals surface area contributed by atoms with Crippen LogP contribution in [0.2, 0.25) is 0 Å². The van der Waals surface area contributed by atoms with E-state index < -0.39 is 5.97 Å². The molecule has 0 atom stereocenters. The number of hydrogen-bond acceptors (Lipinski definition) is 5. The van der Waals surface area contributed by atoms with Crippen LogP contribution in [-0.2, 0) is 16.0 Å². The van der Waals surface area contributed by atoms with Crippen LogP contribution in [0, 0.1) is 0 Å². The zero-order chi connectivity index (χ0) is 18.4. The van der Waals surface area contributed by atoms with E-state index in [0.29, 0.717) is 31.0 Å². The maximum atomic E-state index is 12.1. The van der Waals surface area contributed by atoms with Crippen LogP contribution in [0.5, 0.6) is 11.5 Å². The third-order valence-electron chi connectivity index (χ3n) is 3.94. The number of rotatable bonds is 7. The molecule has 0 N–H and O–H groups in total. The lowest BCUT2D eigenvalue weighted by molar-refractivity contribution is -0.130. The van der Waals surface area contributed by atoms with Gasteiger partial charge in [-0.15, -0.1) is 0 Å². The topological polar surface area (TPSA) is 57.1 Å². The van der Waals surface area contributed by atoms with Gasteiger partial charge in [0.25, 0.3) is 0 Å². The Bertz CT molecular complexity index is 855. The molecule has 134 valence electrons. The zero-order valence-corrected chi connectivity index (χ0v) is 14.9. The Kier molecular flexibility index (Phi) is 5.69. The highest BCUT2D eigenvalue weighted by Crippen LogP contribution is 2.23. The summed E-state index contributed by atoms with van der Waals surface area (Å²) in [4.78, 5) is 16.4. The Morgan fingerprint density at radius 1 is 1.12 bits per heavy atom. The van der Waals surface area contributed by atoms with Crippen LogP contribution in [0.25, 0.3) is 6.08 Å². The predicted octanol–water partition coefficient (Wildman–Crippen LogP) is 4.02. The third kappa shape index (κ3) is 4.30. The number of nitrogens with zero attached hydrogens (tertiary/aromatic N) is 1. The minimum atomic E-state index is -0.429. The summed E-state index contributed by atoms with van der Waals surface area (Å²) in [5.74, 6) is 1.57. The van der Waals surface area contributed by atoms with Gasteiger partial charge in [-0.05, 0) is 48.7 Å². The Morgan fingerprint density at radius 3 is 2.77 bits per heavy atom. The first kappa shape index (κ1) is 17.7. The van der Waals surface area contributed by atoms with E-state index in [1.807, 2.05) is 55.5 Å². The Hall–Kier alpha value is -3.08. The van der Waals surface area contributed by atoms with E-state index in [9.17, 15) is 4.79 Å². The van der Waals surface area contributed by atoms with E-state index in [1.165, 1.54) is 0 Å². The highest BCUT2D eigenvalue weighted by Gasteiger charge is 2.22. The number of hydrogen-bond donors (Lipinski definition) is 0. The number of carbonyl (C=O) groups is 1. The van der Waals surface area contributed by atoms with Crippen LogP contribution in [0.1, 0.15) is 24.5 Å². The smallest absolute Gasteiger partial charge is 0.363 e. The fourth-order valence-electron chi connectivity index (χ4n) is 2.73. The van der Waals surface area contributed by atoms with Crippen LogP contribution < -0.4 is 9.47 Å². The van der Waals surface area contributed by atoms with Crippen molar-refractivity contribution in [3.05, 3.63) is 65.4 Å². The lowest BCUT2D eigenvalue weighted by Gasteiger charge is -2.07. The van der Waals surface area contributed by atoms with E-state index in [4.69, 9.17) is 14.2 Å². The monoisotopic (exact) mass is 351 g/mol. The van der Waals surface area contributed by atoms with Crippen LogP contribution in [-0.4, -0.2) is 25.6 Å². The Balaban J connectivity index is 1.71. The molecule has 26 heavy (non-hydrogen) atoms. The van der Waals surface area contributed by atoms with Gasteiger partial charge < -0.3 is 14.2 Å². The van der Waals surface area contributed by atoms with E-state index in [-0.39, 0.29) is 0 Å². The third-order valence-corrected chi connectivity index (χ3v) is 3.94. The lowest BCUT2D eigenvalue weighted by Crippen LogP contribution is -2.05. The first-order valence-electron chi connectivity index (χ1n) is 8.56. The van der Waals surface area contributed by atoms with Gasteiger partial charge in [-0.25, -0.2) is 9.79 Å². The Morgan fingerprint density at radius 2 is 1.96 bits per heavy atom. The highest BCUT2D eigenvalue weighted by molar-refractivity contribution is 6.07. The molecule has 0 aromatic heterocycles. The summed E-state index contributed by atoms with van der Waals surface area (Å²) < 4.78 is 16.1. The second-order valence-corrected chi connectivity index (χ2v) is 5.74. The van der Waals surface area contributed by atoms with Gasteiger partial charge in [0.05, 0.1) is 13.7 Å². The van der Waals surface area contributed by atoms with Crippen molar-refractivity contribution in [2.75, 3.05) is 13.7 Å². The molecule has 0 unspecified atom stereocenters. The lowest BCUT2D eigenvalue weighted by atomic mass is 10.1. The van der Waals surface area contributed by atoms with Crippen LogP contribution in [0.4, 0.5) is 0 Å². The molecule has 0 fully saturated rings. The van der Waals surface area contributed by atoms with Crippen LogP contribution in [0.15, 0.2) is 59.2 Å². The van der Waals surface area contributed by atoms with E-state index in [2.05, 4.69) is 4.99 Å². The Labute approximate surface area is 152 Å². The highest BCUT2D eigenvalue weighted by atomic mass is 16.6. The van der Waals surface area contributed by atoms with Crippen molar-refractivity contribution in [2.45, 2.75) is 19.8 Å². The number of esters is 1. The number of cyclic esters (lactones) is 1. The molecular weight excluding hydrogens is 330 g/mol. The normalized spacial score (nSPS) is 14.9. The molecule has 5 heteroatoms. The van der Waals surface area contributed by atoms with Gasteiger partial charge in [0, 0.05) is 6.42 Å². The second kappa shape index (κ2) is 8.34. The molecule has 1 aliphatic heterocycles. The van der Waals surface area contributed by atoms with Crippen molar-refractivity contribution in [3.8, 4) is 11.5 Å². The summed E-state index contributed by atoms with van der Waals surface area (Å²) in [6.07, 6.45) is 2.92. The van der Waals surface area contributed by atoms with E-state index in [1.54, 1.807) is 13.2 Å². The van der Waals surface area contributed by atoms with Gasteiger partial charge in [-0.3, -0.25) is 0 Å². The molecule has 0 amide bonds. The summed E-state index contributed by atoms with van der Waals surface area (Å²) in [5, 5.41) is 0. The molecule has 3 rings (SSSR count). The molecule has 0 bridgehead atoms. The fourth-order valence-corrected chi connectivity index (χ4v) is 2.73. The molecule has 1 heterocycles. The first-order valence-corrected chi connectivity index (χ1v) is 8.56. The molecular formula is C21H21NO4. The maximum absolute atomic E-state index is 12.1. The van der Waals surface area contributed by atoms with Crippen LogP contribution >= 0.6 is 0 Å². The fraction of sp³-hybridized carbons (Fsp3) is 0.238. The van der Waals surface area contributed by atoms with Crippen molar-refractivity contribution in [1.29, 1.82) is 0 Å². The number of carbonyl (C=O) groups excluding carboxylic acids is 1. The van der Waals surface area contributed by atoms with Gasteiger partial charge in [0.2, 0.25) is 0 Å². The van der Waals surface area contributed by atoms with E-state index >= 15 is 0 Å². The largest absolute Gasteiger partial charge is 0.496 e. The van der Waals surface area contributed by atoms with E-state index in [0.717, 1.165) is 22.6 Å². The molecule has 0 saturated carbocycles. The quantitative estimate of drug-likeness (QED) is 0.558. The SMILES string of the molecule is CCOc1cccc(/C=C2/N=C(CCc3ccccc3OC)OC2=O)c1. The van der Waals surface area contributed by atoms with Crippen LogP contribution in [0.3, 0.4) is 0 Å². The van der Waals surface area contributed by atoms with Gasteiger partial charge in [-0.1, -0.05) is 30.3 Å². The number of methoxy groups -OCH3 is 1. The number of benzene rings is 2. The first-order chi connectivity index (χ1) is 12.7. The van der Waals surface area contributed by atoms with Crippen molar-refractivity contribution in [3.63, 3.8) is 0 Å². The minimum absolute atomic E-state index is 0.300. The summed E-state index contributed by atoms with van der Waals surface area (Å²) in [5.41, 5.74) is 2.20. The summed E-state index contributed by atoms with van der Waals surface area (Å²) >= 11 is 0. The van der Waals surface area contributed by atoms with Gasteiger partial charge >= 0.3 is 5.97 Å². The number of ether oxygens (including phenoxy) is 3.